The molecule has 1 fully saturated rings. The van der Waals surface area contributed by atoms with Crippen molar-refractivity contribution in [1.82, 2.24) is 0 Å². The Labute approximate surface area is 110 Å². The highest BCUT2D eigenvalue weighted by atomic mass is 16.5. The van der Waals surface area contributed by atoms with E-state index in [-0.39, 0.29) is 0 Å². The van der Waals surface area contributed by atoms with Crippen molar-refractivity contribution >= 4 is 0 Å². The van der Waals surface area contributed by atoms with Gasteiger partial charge in [0.1, 0.15) is 5.75 Å². The van der Waals surface area contributed by atoms with Crippen LogP contribution in [-0.4, -0.2) is 12.2 Å². The van der Waals surface area contributed by atoms with E-state index >= 15 is 0 Å². The molecular weight excluding hydrogens is 224 g/mol. The van der Waals surface area contributed by atoms with E-state index in [2.05, 4.69) is 0 Å². The molecule has 2 heteroatoms. The van der Waals surface area contributed by atoms with Crippen molar-refractivity contribution in [2.45, 2.75) is 51.0 Å². The number of aliphatic hydroxyl groups is 1. The Morgan fingerprint density at radius 1 is 1.22 bits per heavy atom. The first kappa shape index (κ1) is 13.4. The summed E-state index contributed by atoms with van der Waals surface area (Å²) in [5, 5.41) is 10.6. The van der Waals surface area contributed by atoms with Crippen LogP contribution in [-0.2, 0) is 5.60 Å². The molecule has 1 N–H and O–H groups in total. The maximum absolute atomic E-state index is 10.6. The first-order valence-electron chi connectivity index (χ1n) is 6.99. The molecule has 0 aliphatic heterocycles. The molecule has 0 spiro atoms. The quantitative estimate of drug-likeness (QED) is 0.857. The molecular formula is C16H24O2. The third-order valence-electron chi connectivity index (χ3n) is 4.23. The minimum absolute atomic E-state index is 0.713. The molecule has 2 nitrogen and oxygen atoms in total. The number of hydrogen-bond donors (Lipinski definition) is 1. The lowest BCUT2D eigenvalue weighted by molar-refractivity contribution is 0.0408. The van der Waals surface area contributed by atoms with Gasteiger partial charge in [0, 0.05) is 0 Å². The summed E-state index contributed by atoms with van der Waals surface area (Å²) in [6.45, 7) is 1.92. The van der Waals surface area contributed by atoms with Crippen LogP contribution in [0.15, 0.2) is 24.3 Å². The maximum atomic E-state index is 10.6. The lowest BCUT2D eigenvalue weighted by Crippen LogP contribution is -2.21. The molecule has 2 rings (SSSR count). The molecule has 0 aromatic heterocycles. The van der Waals surface area contributed by atoms with Crippen LogP contribution in [0.4, 0.5) is 0 Å². The second kappa shape index (κ2) is 5.75. The van der Waals surface area contributed by atoms with Crippen LogP contribution in [0.5, 0.6) is 5.75 Å². The molecule has 1 unspecified atom stereocenters. The lowest BCUT2D eigenvalue weighted by Gasteiger charge is -2.25. The Morgan fingerprint density at radius 2 is 1.83 bits per heavy atom. The molecule has 18 heavy (non-hydrogen) atoms. The van der Waals surface area contributed by atoms with E-state index in [1.165, 1.54) is 25.7 Å². The smallest absolute Gasteiger partial charge is 0.118 e. The normalized spacial score (nSPS) is 19.7. The molecule has 1 aliphatic rings. The molecule has 100 valence electrons. The van der Waals surface area contributed by atoms with Gasteiger partial charge in [-0.05, 0) is 43.4 Å². The molecule has 0 amide bonds. The SMILES string of the molecule is COc1ccc(C(C)(O)CCC2CCCC2)cc1. The lowest BCUT2D eigenvalue weighted by atomic mass is 9.87. The van der Waals surface area contributed by atoms with E-state index in [0.29, 0.717) is 0 Å². The van der Waals surface area contributed by atoms with Gasteiger partial charge in [-0.3, -0.25) is 0 Å². The van der Waals surface area contributed by atoms with E-state index < -0.39 is 5.60 Å². The largest absolute Gasteiger partial charge is 0.497 e. The highest BCUT2D eigenvalue weighted by Crippen LogP contribution is 2.34. The standard InChI is InChI=1S/C16H24O2/c1-16(17,12-11-13-5-3-4-6-13)14-7-9-15(18-2)10-8-14/h7-10,13,17H,3-6,11-12H2,1-2H3. The third kappa shape index (κ3) is 3.26. The number of rotatable bonds is 5. The van der Waals surface area contributed by atoms with Crippen molar-refractivity contribution < 1.29 is 9.84 Å². The fraction of sp³-hybridized carbons (Fsp3) is 0.625. The fourth-order valence-electron chi connectivity index (χ4n) is 2.88. The Morgan fingerprint density at radius 3 is 2.39 bits per heavy atom. The summed E-state index contributed by atoms with van der Waals surface area (Å²) in [7, 11) is 1.66. The van der Waals surface area contributed by atoms with Gasteiger partial charge in [-0.1, -0.05) is 37.8 Å². The van der Waals surface area contributed by atoms with E-state index in [4.69, 9.17) is 4.74 Å². The summed E-state index contributed by atoms with van der Waals surface area (Å²) in [6.07, 6.45) is 7.42. The Balaban J connectivity index is 1.95. The van der Waals surface area contributed by atoms with Crippen LogP contribution in [0, 0.1) is 5.92 Å². The summed E-state index contributed by atoms with van der Waals surface area (Å²) in [5.74, 6) is 1.67. The molecule has 1 aromatic carbocycles. The highest BCUT2D eigenvalue weighted by molar-refractivity contribution is 5.30. The minimum atomic E-state index is -0.713. The predicted molar refractivity (Wildman–Crippen MR) is 73.8 cm³/mol. The van der Waals surface area contributed by atoms with Crippen molar-refractivity contribution in [3.63, 3.8) is 0 Å². The molecule has 0 bridgehead atoms. The van der Waals surface area contributed by atoms with Crippen LogP contribution in [0.1, 0.15) is 51.0 Å². The van der Waals surface area contributed by atoms with Crippen molar-refractivity contribution in [3.05, 3.63) is 29.8 Å². The molecule has 1 atom stereocenters. The molecule has 0 heterocycles. The summed E-state index contributed by atoms with van der Waals surface area (Å²) >= 11 is 0. The molecule has 1 saturated carbocycles. The summed E-state index contributed by atoms with van der Waals surface area (Å²) in [5.41, 5.74) is 0.274. The van der Waals surface area contributed by atoms with E-state index in [0.717, 1.165) is 30.1 Å². The zero-order valence-corrected chi connectivity index (χ0v) is 11.5. The van der Waals surface area contributed by atoms with E-state index in [1.807, 2.05) is 31.2 Å². The number of hydrogen-bond acceptors (Lipinski definition) is 2. The zero-order chi connectivity index (χ0) is 13.0. The Hall–Kier alpha value is -1.02. The zero-order valence-electron chi connectivity index (χ0n) is 11.5. The molecule has 1 aliphatic carbocycles. The number of ether oxygens (including phenoxy) is 1. The van der Waals surface area contributed by atoms with Gasteiger partial charge in [-0.25, -0.2) is 0 Å². The van der Waals surface area contributed by atoms with Gasteiger partial charge in [0.25, 0.3) is 0 Å². The number of benzene rings is 1. The van der Waals surface area contributed by atoms with Crippen LogP contribution in [0.25, 0.3) is 0 Å². The van der Waals surface area contributed by atoms with Gasteiger partial charge in [-0.2, -0.15) is 0 Å². The molecule has 0 saturated heterocycles. The topological polar surface area (TPSA) is 29.5 Å². The van der Waals surface area contributed by atoms with Crippen molar-refractivity contribution in [3.8, 4) is 5.75 Å². The fourth-order valence-corrected chi connectivity index (χ4v) is 2.88. The average molecular weight is 248 g/mol. The van der Waals surface area contributed by atoms with Gasteiger partial charge >= 0.3 is 0 Å². The van der Waals surface area contributed by atoms with Gasteiger partial charge in [0.05, 0.1) is 12.7 Å². The Bertz CT molecular complexity index is 361. The van der Waals surface area contributed by atoms with Gasteiger partial charge < -0.3 is 9.84 Å². The second-order valence-electron chi connectivity index (χ2n) is 5.69. The summed E-state index contributed by atoms with van der Waals surface area (Å²) < 4.78 is 5.14. The van der Waals surface area contributed by atoms with Gasteiger partial charge in [0.15, 0.2) is 0 Å². The Kier molecular flexibility index (Phi) is 4.28. The van der Waals surface area contributed by atoms with Crippen LogP contribution in [0.3, 0.4) is 0 Å². The van der Waals surface area contributed by atoms with Crippen LogP contribution >= 0.6 is 0 Å². The van der Waals surface area contributed by atoms with Crippen molar-refractivity contribution in [2.75, 3.05) is 7.11 Å². The summed E-state index contributed by atoms with van der Waals surface area (Å²) in [6, 6.07) is 7.76. The van der Waals surface area contributed by atoms with E-state index in [9.17, 15) is 5.11 Å². The molecule has 0 radical (unpaired) electrons. The second-order valence-corrected chi connectivity index (χ2v) is 5.69. The third-order valence-corrected chi connectivity index (χ3v) is 4.23. The first-order valence-corrected chi connectivity index (χ1v) is 6.99. The summed E-state index contributed by atoms with van der Waals surface area (Å²) in [4.78, 5) is 0. The maximum Gasteiger partial charge on any atom is 0.118 e. The van der Waals surface area contributed by atoms with Crippen LogP contribution < -0.4 is 4.74 Å². The van der Waals surface area contributed by atoms with Crippen LogP contribution in [0.2, 0.25) is 0 Å². The monoisotopic (exact) mass is 248 g/mol. The van der Waals surface area contributed by atoms with Crippen molar-refractivity contribution in [2.24, 2.45) is 5.92 Å². The van der Waals surface area contributed by atoms with Gasteiger partial charge in [-0.15, -0.1) is 0 Å². The number of methoxy groups -OCH3 is 1. The molecule has 1 aromatic rings. The average Bonchev–Trinajstić information content (AvgIpc) is 2.90. The van der Waals surface area contributed by atoms with E-state index in [1.54, 1.807) is 7.11 Å². The highest BCUT2D eigenvalue weighted by Gasteiger charge is 2.25. The van der Waals surface area contributed by atoms with Gasteiger partial charge in [0.2, 0.25) is 0 Å². The minimum Gasteiger partial charge on any atom is -0.497 e. The van der Waals surface area contributed by atoms with Crippen molar-refractivity contribution in [1.29, 1.82) is 0 Å². The predicted octanol–water partition coefficient (Wildman–Crippen LogP) is 3.87. The first-order chi connectivity index (χ1) is 8.62.